The number of aromatic nitrogens is 3. The molecule has 164 valence electrons. The maximum Gasteiger partial charge on any atom is 0.276 e. The lowest BCUT2D eigenvalue weighted by Crippen LogP contribution is -2.48. The number of nitrogens with one attached hydrogen (secondary N) is 1. The summed E-state index contributed by atoms with van der Waals surface area (Å²) in [6, 6.07) is 6.50. The number of H-pyrrole nitrogens is 1. The van der Waals surface area contributed by atoms with Crippen LogP contribution in [0.2, 0.25) is 0 Å². The molecule has 1 aliphatic rings. The average Bonchev–Trinajstić information content (AvgIpc) is 3.43. The number of aryl methyl sites for hydroxylation is 1. The van der Waals surface area contributed by atoms with E-state index < -0.39 is 14.9 Å². The Morgan fingerprint density at radius 2 is 1.87 bits per heavy atom. The number of nitrogens with zero attached hydrogens (tertiary/aromatic N) is 5. The molecule has 1 aliphatic heterocycles. The van der Waals surface area contributed by atoms with Crippen molar-refractivity contribution in [2.24, 2.45) is 0 Å². The van der Waals surface area contributed by atoms with Crippen molar-refractivity contribution in [3.05, 3.63) is 62.9 Å². The van der Waals surface area contributed by atoms with Crippen LogP contribution in [0.3, 0.4) is 0 Å². The van der Waals surface area contributed by atoms with Gasteiger partial charge in [-0.1, -0.05) is 19.1 Å². The molecule has 0 aliphatic carbocycles. The summed E-state index contributed by atoms with van der Waals surface area (Å²) in [4.78, 5) is 24.0. The molecule has 31 heavy (non-hydrogen) atoms. The Kier molecular flexibility index (Phi) is 5.77. The van der Waals surface area contributed by atoms with Crippen molar-refractivity contribution in [1.29, 1.82) is 0 Å². The van der Waals surface area contributed by atoms with E-state index in [0.29, 0.717) is 31.9 Å². The first-order chi connectivity index (χ1) is 14.8. The van der Waals surface area contributed by atoms with E-state index in [9.17, 15) is 18.5 Å². The molecular formula is C19H22N6O4S2. The number of anilines is 1. The Morgan fingerprint density at radius 3 is 2.45 bits per heavy atom. The first kappa shape index (κ1) is 21.4. The lowest BCUT2D eigenvalue weighted by molar-refractivity contribution is -0.384. The molecule has 12 heteroatoms. The summed E-state index contributed by atoms with van der Waals surface area (Å²) in [6.07, 6.45) is 1.51. The van der Waals surface area contributed by atoms with Crippen molar-refractivity contribution in [3.63, 3.8) is 0 Å². The van der Waals surface area contributed by atoms with Crippen molar-refractivity contribution in [3.8, 4) is 0 Å². The number of benzene rings is 1. The first-order valence-corrected chi connectivity index (χ1v) is 12.0. The van der Waals surface area contributed by atoms with Gasteiger partial charge in [-0.05, 0) is 12.5 Å². The van der Waals surface area contributed by atoms with Crippen LogP contribution in [0, 0.1) is 17.0 Å². The molecule has 0 saturated carbocycles. The Bertz CT molecular complexity index is 1180. The van der Waals surface area contributed by atoms with Crippen molar-refractivity contribution in [2.45, 2.75) is 24.9 Å². The van der Waals surface area contributed by atoms with E-state index in [-0.39, 0.29) is 16.8 Å². The van der Waals surface area contributed by atoms with Crippen LogP contribution in [0.25, 0.3) is 0 Å². The van der Waals surface area contributed by atoms with Crippen LogP contribution in [-0.4, -0.2) is 58.8 Å². The summed E-state index contributed by atoms with van der Waals surface area (Å²) in [5.74, 6) is -0.00494. The molecule has 1 saturated heterocycles. The number of imidazole rings is 1. The lowest BCUT2D eigenvalue weighted by atomic mass is 9.98. The van der Waals surface area contributed by atoms with E-state index in [1.165, 1.54) is 34.0 Å². The number of non-ortho nitro benzene ring substituents is 1. The second-order valence-electron chi connectivity index (χ2n) is 7.39. The second kappa shape index (κ2) is 8.36. The Morgan fingerprint density at radius 1 is 1.19 bits per heavy atom. The topological polar surface area (TPSA) is 125 Å². The molecule has 4 rings (SSSR count). The third-order valence-electron chi connectivity index (χ3n) is 5.33. The van der Waals surface area contributed by atoms with Crippen LogP contribution in [-0.2, 0) is 10.0 Å². The number of nitro groups is 1. The summed E-state index contributed by atoms with van der Waals surface area (Å²) < 4.78 is 26.9. The molecule has 0 radical (unpaired) electrons. The van der Waals surface area contributed by atoms with Crippen LogP contribution in [0.1, 0.15) is 29.8 Å². The molecule has 3 heterocycles. The molecule has 3 aromatic rings. The highest BCUT2D eigenvalue weighted by molar-refractivity contribution is 7.89. The molecule has 0 spiro atoms. The van der Waals surface area contributed by atoms with Crippen molar-refractivity contribution >= 4 is 32.2 Å². The highest BCUT2D eigenvalue weighted by Gasteiger charge is 2.31. The van der Waals surface area contributed by atoms with Crippen molar-refractivity contribution < 1.29 is 13.3 Å². The summed E-state index contributed by atoms with van der Waals surface area (Å²) in [7, 11) is -3.63. The zero-order valence-electron chi connectivity index (χ0n) is 17.1. The van der Waals surface area contributed by atoms with Crippen molar-refractivity contribution in [2.75, 3.05) is 31.1 Å². The van der Waals surface area contributed by atoms with Gasteiger partial charge < -0.3 is 9.88 Å². The molecule has 1 fully saturated rings. The number of piperazine rings is 1. The van der Waals surface area contributed by atoms with Gasteiger partial charge in [-0.2, -0.15) is 4.31 Å². The second-order valence-corrected chi connectivity index (χ2v) is 10.1. The molecular weight excluding hydrogens is 440 g/mol. The Balaban J connectivity index is 1.41. The molecule has 10 nitrogen and oxygen atoms in total. The van der Waals surface area contributed by atoms with E-state index in [4.69, 9.17) is 4.98 Å². The van der Waals surface area contributed by atoms with Crippen LogP contribution < -0.4 is 4.90 Å². The zero-order valence-corrected chi connectivity index (χ0v) is 18.7. The SMILES string of the molecule is Cc1cnc(S(=O)(=O)N2CCN(c3nc(C(C)c4ccc([N+](=O)[O-])cc4)cs3)CC2)[nH]1. The highest BCUT2D eigenvalue weighted by atomic mass is 32.2. The predicted octanol–water partition coefficient (Wildman–Crippen LogP) is 2.75. The number of sulfonamides is 1. The summed E-state index contributed by atoms with van der Waals surface area (Å²) in [5.41, 5.74) is 2.60. The fourth-order valence-electron chi connectivity index (χ4n) is 3.44. The largest absolute Gasteiger partial charge is 0.345 e. The number of nitro benzene ring substituents is 1. The van der Waals surface area contributed by atoms with Gasteiger partial charge in [0.05, 0.1) is 10.6 Å². The number of hydrogen-bond acceptors (Lipinski definition) is 8. The fraction of sp³-hybridized carbons (Fsp3) is 0.368. The standard InChI is InChI=1S/C19H22N6O4S2/c1-13-11-20-18(21-13)31(28,29)24-9-7-23(8-10-24)19-22-17(12-30-19)14(2)15-3-5-16(6-4-15)25(26)27/h3-6,11-12,14H,7-10H2,1-2H3,(H,20,21). The van der Waals surface area contributed by atoms with Gasteiger partial charge in [0.15, 0.2) is 5.13 Å². The van der Waals surface area contributed by atoms with E-state index in [1.54, 1.807) is 19.1 Å². The zero-order chi connectivity index (χ0) is 22.2. The van der Waals surface area contributed by atoms with Crippen LogP contribution >= 0.6 is 11.3 Å². The quantitative estimate of drug-likeness (QED) is 0.441. The van der Waals surface area contributed by atoms with Gasteiger partial charge in [0, 0.05) is 61.5 Å². The maximum atomic E-state index is 12.7. The van der Waals surface area contributed by atoms with Crippen LogP contribution in [0.4, 0.5) is 10.8 Å². The summed E-state index contributed by atoms with van der Waals surface area (Å²) in [5, 5.41) is 13.6. The number of thiazole rings is 1. The number of aromatic amines is 1. The Hall–Kier alpha value is -2.83. The van der Waals surface area contributed by atoms with Crippen molar-refractivity contribution in [1.82, 2.24) is 19.3 Å². The summed E-state index contributed by atoms with van der Waals surface area (Å²) in [6.45, 7) is 5.57. The van der Waals surface area contributed by atoms with E-state index >= 15 is 0 Å². The fourth-order valence-corrected chi connectivity index (χ4v) is 5.77. The smallest absolute Gasteiger partial charge is 0.276 e. The molecule has 1 unspecified atom stereocenters. The third kappa shape index (κ3) is 4.31. The molecule has 1 atom stereocenters. The lowest BCUT2D eigenvalue weighted by Gasteiger charge is -2.33. The van der Waals surface area contributed by atoms with Gasteiger partial charge in [-0.3, -0.25) is 10.1 Å². The minimum Gasteiger partial charge on any atom is -0.345 e. The van der Waals surface area contributed by atoms with E-state index in [1.807, 2.05) is 12.3 Å². The first-order valence-electron chi connectivity index (χ1n) is 9.72. The monoisotopic (exact) mass is 462 g/mol. The molecule has 0 amide bonds. The van der Waals surface area contributed by atoms with E-state index in [0.717, 1.165) is 16.4 Å². The summed E-state index contributed by atoms with van der Waals surface area (Å²) >= 11 is 1.52. The molecule has 1 N–H and O–H groups in total. The molecule has 2 aromatic heterocycles. The number of hydrogen-bond donors (Lipinski definition) is 1. The predicted molar refractivity (Wildman–Crippen MR) is 117 cm³/mol. The highest BCUT2D eigenvalue weighted by Crippen LogP contribution is 2.31. The Labute approximate surface area is 183 Å². The van der Waals surface area contributed by atoms with Gasteiger partial charge in [0.25, 0.3) is 15.7 Å². The minimum absolute atomic E-state index is 0.00494. The molecule has 0 bridgehead atoms. The van der Waals surface area contributed by atoms with Crippen LogP contribution in [0.5, 0.6) is 0 Å². The molecule has 1 aromatic carbocycles. The van der Waals surface area contributed by atoms with Gasteiger partial charge in [-0.25, -0.2) is 18.4 Å². The average molecular weight is 463 g/mol. The van der Waals surface area contributed by atoms with Crippen LogP contribution in [0.15, 0.2) is 41.0 Å². The van der Waals surface area contributed by atoms with Gasteiger partial charge in [0.1, 0.15) is 0 Å². The van der Waals surface area contributed by atoms with Gasteiger partial charge in [0.2, 0.25) is 5.16 Å². The number of rotatable bonds is 6. The van der Waals surface area contributed by atoms with Gasteiger partial charge >= 0.3 is 0 Å². The third-order valence-corrected chi connectivity index (χ3v) is 7.99. The maximum absolute atomic E-state index is 12.7. The normalized spacial score (nSPS) is 16.4. The van der Waals surface area contributed by atoms with E-state index in [2.05, 4.69) is 14.9 Å². The van der Waals surface area contributed by atoms with Gasteiger partial charge in [-0.15, -0.1) is 11.3 Å². The minimum atomic E-state index is -3.63.